The molecule has 0 saturated carbocycles. The number of ether oxygens (including phenoxy) is 3. The van der Waals surface area contributed by atoms with Gasteiger partial charge in [0.15, 0.2) is 0 Å². The van der Waals surface area contributed by atoms with Crippen molar-refractivity contribution < 1.29 is 27.1 Å². The first-order valence-electron chi connectivity index (χ1n) is 18.0. The number of benzene rings is 7. The molecule has 2 heterocycles. The Morgan fingerprint density at radius 3 is 1.61 bits per heavy atom. The van der Waals surface area contributed by atoms with Gasteiger partial charge in [-0.2, -0.15) is 0 Å². The van der Waals surface area contributed by atoms with Crippen molar-refractivity contribution in [3.63, 3.8) is 0 Å². The highest BCUT2D eigenvalue weighted by atomic mass is 31.1. The molecule has 0 aliphatic carbocycles. The average molecular weight is 732 g/mol. The molecule has 268 valence electrons. The molecule has 7 aromatic carbocycles. The second kappa shape index (κ2) is 14.4. The summed E-state index contributed by atoms with van der Waals surface area (Å²) in [5.74, 6) is 2.14. The molecule has 7 nitrogen and oxygen atoms in total. The zero-order chi connectivity index (χ0) is 36.5. The van der Waals surface area contributed by atoms with Crippen LogP contribution in [0.3, 0.4) is 0 Å². The molecule has 9 rings (SSSR count). The maximum absolute atomic E-state index is 7.46. The van der Waals surface area contributed by atoms with Crippen molar-refractivity contribution in [3.8, 4) is 11.5 Å². The lowest BCUT2D eigenvalue weighted by Crippen LogP contribution is -2.51. The van der Waals surface area contributed by atoms with Crippen molar-refractivity contribution in [3.05, 3.63) is 168 Å². The van der Waals surface area contributed by atoms with Gasteiger partial charge < -0.3 is 22.6 Å². The first kappa shape index (κ1) is 33.8. The van der Waals surface area contributed by atoms with Crippen LogP contribution in [-0.4, -0.2) is 38.4 Å². The summed E-state index contributed by atoms with van der Waals surface area (Å²) in [7, 11) is 1.31. The third-order valence-corrected chi connectivity index (χ3v) is 11.4. The molecule has 0 saturated heterocycles. The highest BCUT2D eigenvalue weighted by Crippen LogP contribution is 2.44. The Balaban J connectivity index is 1.29. The fourth-order valence-corrected chi connectivity index (χ4v) is 8.80. The van der Waals surface area contributed by atoms with E-state index in [-0.39, 0.29) is 0 Å². The van der Waals surface area contributed by atoms with Crippen LogP contribution in [0.25, 0.3) is 43.5 Å². The second-order valence-corrected chi connectivity index (χ2v) is 14.6. The zero-order valence-corrected chi connectivity index (χ0v) is 30.9. The highest BCUT2D eigenvalue weighted by Gasteiger charge is 2.46. The third-order valence-electron chi connectivity index (χ3n) is 10.2. The summed E-state index contributed by atoms with van der Waals surface area (Å²) in [5.41, 5.74) is 3.44. The van der Waals surface area contributed by atoms with E-state index in [2.05, 4.69) is 84.9 Å². The number of fused-ring (bicyclic) bond motifs is 7. The van der Waals surface area contributed by atoms with Crippen molar-refractivity contribution >= 4 is 57.6 Å². The van der Waals surface area contributed by atoms with Crippen LogP contribution in [0.1, 0.15) is 16.7 Å². The van der Waals surface area contributed by atoms with Crippen LogP contribution in [-0.2, 0) is 17.6 Å². The Morgan fingerprint density at radius 2 is 1.09 bits per heavy atom. The summed E-state index contributed by atoms with van der Waals surface area (Å²) in [6, 6.07) is 50.9. The van der Waals surface area contributed by atoms with Crippen LogP contribution in [0, 0.1) is 0 Å². The van der Waals surface area contributed by atoms with Gasteiger partial charge in [-0.1, -0.05) is 103 Å². The molecule has 0 radical (unpaired) electrons. The summed E-state index contributed by atoms with van der Waals surface area (Å²) in [4.78, 5) is 5.27. The predicted molar refractivity (Wildman–Crippen MR) is 217 cm³/mol. The van der Waals surface area contributed by atoms with Gasteiger partial charge in [0.25, 0.3) is 0 Å². The first-order chi connectivity index (χ1) is 26.6. The highest BCUT2D eigenvalue weighted by molar-refractivity contribution is 7.31. The Hall–Kier alpha value is -6.01. The van der Waals surface area contributed by atoms with Crippen LogP contribution >= 0.6 is 8.24 Å². The maximum Gasteiger partial charge on any atom is 0.388 e. The molecule has 1 aliphatic rings. The molecule has 0 N–H and O–H groups in total. The number of rotatable bonds is 10. The molecule has 8 aromatic rings. The van der Waals surface area contributed by atoms with Crippen molar-refractivity contribution in [2.45, 2.75) is 24.5 Å². The largest absolute Gasteiger partial charge is 0.497 e. The number of methoxy groups -OCH3 is 2. The van der Waals surface area contributed by atoms with Crippen molar-refractivity contribution in [2.75, 3.05) is 20.8 Å². The average Bonchev–Trinajstić information content (AvgIpc) is 3.67. The van der Waals surface area contributed by atoms with Gasteiger partial charge in [-0.3, -0.25) is 4.52 Å². The fourth-order valence-electron chi connectivity index (χ4n) is 7.52. The topological polar surface area (TPSA) is 75.6 Å². The van der Waals surface area contributed by atoms with E-state index in [9.17, 15) is 0 Å². The Bertz CT molecular complexity index is 2520. The predicted octanol–water partition coefficient (Wildman–Crippen LogP) is 11.1. The summed E-state index contributed by atoms with van der Waals surface area (Å²) in [6.07, 6.45) is 0.979. The van der Waals surface area contributed by atoms with Crippen LogP contribution < -0.4 is 14.0 Å². The van der Waals surface area contributed by atoms with Crippen molar-refractivity contribution in [1.82, 2.24) is 0 Å². The number of nitrogens with zero attached hydrogens (tertiary/aromatic N) is 1. The molecule has 1 aliphatic heterocycles. The lowest BCUT2D eigenvalue weighted by atomic mass is 9.82. The number of aliphatic imine (C=N–C) groups is 1. The molecule has 0 unspecified atom stereocenters. The minimum atomic E-state index is -2.04. The van der Waals surface area contributed by atoms with Gasteiger partial charge >= 0.3 is 8.24 Å². The fraction of sp³-hybridized carbons (Fsp3) is 0.152. The SMILES string of the molecule is COc1ccc(CC(Cc2ccc(OC)cc2)(Op2oc3ccc4ccccc4c3c3c(ccc4ccccc43)o2)[C@@H]2COC(c3ccccc3)=N2)cc1. The second-order valence-electron chi connectivity index (χ2n) is 13.6. The molecule has 0 fully saturated rings. The molecular formula is C46H38NO6P. The minimum absolute atomic E-state index is 0.322. The van der Waals surface area contributed by atoms with E-state index in [1.165, 1.54) is 0 Å². The lowest BCUT2D eigenvalue weighted by molar-refractivity contribution is 0.0715. The van der Waals surface area contributed by atoms with Crippen LogP contribution in [0.4, 0.5) is 0 Å². The molecule has 0 spiro atoms. The standard InChI is InChI=1S/C46H38NO6P/c1-48-36-22-16-31(17-23-36)28-46(29-32-18-24-37(49-2)25-19-32,42-30-50-45(47-42)35-12-4-3-5-13-35)53-54-51-40-26-20-33-10-6-8-14-38(33)43(40)44-39-15-9-7-11-34(39)21-27-41(44)52-54/h3-27,42H,28-30H2,1-2H3/t42-/m0/s1. The Morgan fingerprint density at radius 1 is 0.593 bits per heavy atom. The summed E-state index contributed by atoms with van der Waals surface area (Å²) in [6.45, 7) is 0.322. The smallest absolute Gasteiger partial charge is 0.388 e. The van der Waals surface area contributed by atoms with E-state index in [1.54, 1.807) is 14.2 Å². The molecule has 8 heteroatoms. The van der Waals surface area contributed by atoms with Gasteiger partial charge in [0.05, 0.1) is 14.2 Å². The van der Waals surface area contributed by atoms with Gasteiger partial charge in [-0.25, -0.2) is 4.99 Å². The molecule has 1 aromatic heterocycles. The minimum Gasteiger partial charge on any atom is -0.497 e. The van der Waals surface area contributed by atoms with Crippen molar-refractivity contribution in [1.29, 1.82) is 0 Å². The first-order valence-corrected chi connectivity index (χ1v) is 19.1. The van der Waals surface area contributed by atoms with E-state index < -0.39 is 19.9 Å². The van der Waals surface area contributed by atoms with E-state index in [0.29, 0.717) is 36.5 Å². The van der Waals surface area contributed by atoms with E-state index in [1.807, 2.05) is 66.7 Å². The van der Waals surface area contributed by atoms with Crippen LogP contribution in [0.5, 0.6) is 11.5 Å². The van der Waals surface area contributed by atoms with Gasteiger partial charge in [0, 0.05) is 29.2 Å². The number of hydrogen-bond acceptors (Lipinski definition) is 7. The Labute approximate surface area is 314 Å². The molecule has 1 atom stereocenters. The van der Waals surface area contributed by atoms with E-state index in [4.69, 9.17) is 32.1 Å². The molecule has 0 bridgehead atoms. The molecule has 0 amide bonds. The number of hydrogen-bond donors (Lipinski definition) is 0. The Kier molecular flexibility index (Phi) is 9.03. The van der Waals surface area contributed by atoms with Gasteiger partial charge in [0.2, 0.25) is 5.90 Å². The summed E-state index contributed by atoms with van der Waals surface area (Å²) >= 11 is 0. The van der Waals surface area contributed by atoms with Gasteiger partial charge in [0.1, 0.15) is 40.9 Å². The van der Waals surface area contributed by atoms with Gasteiger partial charge in [-0.05, 0) is 81.2 Å². The monoisotopic (exact) mass is 731 g/mol. The summed E-state index contributed by atoms with van der Waals surface area (Å²) in [5, 5.41) is 6.36. The van der Waals surface area contributed by atoms with E-state index in [0.717, 1.165) is 60.5 Å². The van der Waals surface area contributed by atoms with Gasteiger partial charge in [-0.15, -0.1) is 0 Å². The third kappa shape index (κ3) is 6.47. The van der Waals surface area contributed by atoms with Crippen LogP contribution in [0.15, 0.2) is 165 Å². The summed E-state index contributed by atoms with van der Waals surface area (Å²) < 4.78 is 38.8. The zero-order valence-electron chi connectivity index (χ0n) is 30.0. The molecule has 54 heavy (non-hydrogen) atoms. The normalized spacial score (nSPS) is 14.3. The van der Waals surface area contributed by atoms with Crippen LogP contribution in [0.2, 0.25) is 0 Å². The quantitative estimate of drug-likeness (QED) is 0.139. The maximum atomic E-state index is 7.46. The lowest BCUT2D eigenvalue weighted by Gasteiger charge is -2.35. The van der Waals surface area contributed by atoms with Crippen molar-refractivity contribution in [2.24, 2.45) is 4.99 Å². The molecular weight excluding hydrogens is 693 g/mol. The van der Waals surface area contributed by atoms with E-state index >= 15 is 0 Å².